The van der Waals surface area contributed by atoms with Gasteiger partial charge in [0.1, 0.15) is 0 Å². The van der Waals surface area contributed by atoms with Crippen LogP contribution in [0.3, 0.4) is 0 Å². The van der Waals surface area contributed by atoms with Gasteiger partial charge in [-0.3, -0.25) is 0 Å². The van der Waals surface area contributed by atoms with Crippen molar-refractivity contribution in [3.05, 3.63) is 23.8 Å². The number of hydrogen-bond acceptors (Lipinski definition) is 4. The third-order valence-electron chi connectivity index (χ3n) is 4.14. The molecule has 0 radical (unpaired) electrons. The molecule has 0 saturated heterocycles. The monoisotopic (exact) mass is 328 g/mol. The van der Waals surface area contributed by atoms with Gasteiger partial charge in [-0.05, 0) is 56.1 Å². The summed E-state index contributed by atoms with van der Waals surface area (Å²) in [7, 11) is -3.47. The highest BCUT2D eigenvalue weighted by molar-refractivity contribution is 7.99. The number of nitrogen functional groups attached to an aromatic ring is 1. The first-order chi connectivity index (χ1) is 9.96. The van der Waals surface area contributed by atoms with Crippen molar-refractivity contribution in [1.82, 2.24) is 4.72 Å². The molecule has 1 saturated carbocycles. The lowest BCUT2D eigenvalue weighted by Gasteiger charge is -2.27. The van der Waals surface area contributed by atoms with Crippen molar-refractivity contribution in [2.24, 2.45) is 0 Å². The van der Waals surface area contributed by atoms with Gasteiger partial charge in [-0.15, -0.1) is 0 Å². The number of hydrogen-bond donors (Lipinski definition) is 2. The van der Waals surface area contributed by atoms with Crippen LogP contribution in [-0.4, -0.2) is 26.0 Å². The van der Waals surface area contributed by atoms with Crippen LogP contribution in [0.1, 0.15) is 38.2 Å². The highest BCUT2D eigenvalue weighted by atomic mass is 32.2. The Morgan fingerprint density at radius 3 is 2.48 bits per heavy atom. The first-order valence-electron chi connectivity index (χ1n) is 7.39. The molecule has 0 unspecified atom stereocenters. The van der Waals surface area contributed by atoms with Gasteiger partial charge in [0.25, 0.3) is 0 Å². The molecule has 1 aromatic carbocycles. The van der Waals surface area contributed by atoms with E-state index in [0.717, 1.165) is 37.7 Å². The molecule has 0 aliphatic heterocycles. The minimum Gasteiger partial charge on any atom is -0.398 e. The van der Waals surface area contributed by atoms with Crippen LogP contribution in [0, 0.1) is 0 Å². The van der Waals surface area contributed by atoms with E-state index in [2.05, 4.69) is 11.0 Å². The third kappa shape index (κ3) is 4.14. The van der Waals surface area contributed by atoms with E-state index in [1.807, 2.05) is 18.7 Å². The first kappa shape index (κ1) is 16.6. The maximum atomic E-state index is 12.4. The summed E-state index contributed by atoms with van der Waals surface area (Å²) >= 11 is 1.87. The average Bonchev–Trinajstić information content (AvgIpc) is 2.47. The van der Waals surface area contributed by atoms with E-state index in [-0.39, 0.29) is 10.9 Å². The van der Waals surface area contributed by atoms with Crippen LogP contribution in [0.25, 0.3) is 0 Å². The normalized spacial score (nSPS) is 23.1. The highest BCUT2D eigenvalue weighted by Crippen LogP contribution is 2.28. The van der Waals surface area contributed by atoms with Gasteiger partial charge in [0.2, 0.25) is 10.0 Å². The summed E-state index contributed by atoms with van der Waals surface area (Å²) in [6, 6.07) is 5.05. The van der Waals surface area contributed by atoms with Gasteiger partial charge in [0, 0.05) is 17.0 Å². The number of rotatable bonds is 5. The predicted molar refractivity (Wildman–Crippen MR) is 90.1 cm³/mol. The van der Waals surface area contributed by atoms with E-state index in [1.165, 1.54) is 0 Å². The van der Waals surface area contributed by atoms with Gasteiger partial charge in [-0.1, -0.05) is 13.0 Å². The summed E-state index contributed by atoms with van der Waals surface area (Å²) in [5.41, 5.74) is 7.43. The van der Waals surface area contributed by atoms with E-state index in [1.54, 1.807) is 18.2 Å². The number of thioether (sulfide) groups is 1. The molecule has 2 rings (SSSR count). The number of nitrogens with one attached hydrogen (secondary N) is 1. The van der Waals surface area contributed by atoms with E-state index in [0.29, 0.717) is 10.9 Å². The smallest absolute Gasteiger partial charge is 0.240 e. The molecule has 1 aliphatic rings. The van der Waals surface area contributed by atoms with Crippen molar-refractivity contribution in [3.63, 3.8) is 0 Å². The molecule has 21 heavy (non-hydrogen) atoms. The van der Waals surface area contributed by atoms with Crippen molar-refractivity contribution in [3.8, 4) is 0 Å². The maximum Gasteiger partial charge on any atom is 0.240 e. The van der Waals surface area contributed by atoms with Gasteiger partial charge < -0.3 is 5.73 Å². The zero-order valence-corrected chi connectivity index (χ0v) is 14.3. The Hall–Kier alpha value is -0.720. The zero-order valence-electron chi connectivity index (χ0n) is 12.6. The molecule has 0 spiro atoms. The second-order valence-electron chi connectivity index (χ2n) is 5.54. The lowest BCUT2D eigenvalue weighted by atomic mass is 9.96. The van der Waals surface area contributed by atoms with E-state index in [4.69, 9.17) is 5.73 Å². The molecule has 4 nitrogen and oxygen atoms in total. The van der Waals surface area contributed by atoms with Gasteiger partial charge in [-0.2, -0.15) is 11.8 Å². The van der Waals surface area contributed by atoms with Gasteiger partial charge in [0.05, 0.1) is 4.90 Å². The van der Waals surface area contributed by atoms with E-state index >= 15 is 0 Å². The fourth-order valence-corrected chi connectivity index (χ4v) is 4.85. The molecular formula is C15H24N2O2S2. The molecule has 3 N–H and O–H groups in total. The van der Waals surface area contributed by atoms with Crippen LogP contribution < -0.4 is 10.5 Å². The van der Waals surface area contributed by atoms with Crippen LogP contribution in [0.5, 0.6) is 0 Å². The summed E-state index contributed by atoms with van der Waals surface area (Å²) in [6.45, 7) is 2.00. The lowest BCUT2D eigenvalue weighted by molar-refractivity contribution is 0.420. The minimum absolute atomic E-state index is 0.0467. The lowest BCUT2D eigenvalue weighted by Crippen LogP contribution is -2.38. The Labute approximate surface area is 131 Å². The molecule has 0 heterocycles. The molecule has 0 aromatic heterocycles. The Morgan fingerprint density at radius 2 is 1.95 bits per heavy atom. The number of anilines is 1. The third-order valence-corrected chi connectivity index (χ3v) is 6.79. The SMILES string of the molecule is CCc1ccc(S(=O)(=O)NC2CCC(SC)CC2)cc1N. The predicted octanol–water partition coefficient (Wildman–Crippen LogP) is 2.78. The molecule has 1 fully saturated rings. The van der Waals surface area contributed by atoms with Crippen molar-refractivity contribution in [1.29, 1.82) is 0 Å². The van der Waals surface area contributed by atoms with Gasteiger partial charge >= 0.3 is 0 Å². The minimum atomic E-state index is -3.47. The van der Waals surface area contributed by atoms with Crippen LogP contribution >= 0.6 is 11.8 Å². The van der Waals surface area contributed by atoms with E-state index < -0.39 is 10.0 Å². The molecular weight excluding hydrogens is 304 g/mol. The van der Waals surface area contributed by atoms with Crippen molar-refractivity contribution in [2.75, 3.05) is 12.0 Å². The second-order valence-corrected chi connectivity index (χ2v) is 8.40. The summed E-state index contributed by atoms with van der Waals surface area (Å²) < 4.78 is 27.7. The summed E-state index contributed by atoms with van der Waals surface area (Å²) in [6.07, 6.45) is 6.89. The molecule has 118 valence electrons. The number of sulfonamides is 1. The topological polar surface area (TPSA) is 72.2 Å². The fourth-order valence-electron chi connectivity index (χ4n) is 2.77. The Bertz CT molecular complexity index is 579. The maximum absolute atomic E-state index is 12.4. The van der Waals surface area contributed by atoms with Crippen LogP contribution in [0.15, 0.2) is 23.1 Å². The molecule has 1 aliphatic carbocycles. The summed E-state index contributed by atoms with van der Waals surface area (Å²) in [5.74, 6) is 0. The summed E-state index contributed by atoms with van der Waals surface area (Å²) in [4.78, 5) is 0.268. The molecule has 0 atom stereocenters. The standard InChI is InChI=1S/C15H24N2O2S2/c1-3-11-4-9-14(10-15(11)16)21(18,19)17-12-5-7-13(20-2)8-6-12/h4,9-10,12-13,17H,3,5-8,16H2,1-2H3. The van der Waals surface area contributed by atoms with Crippen LogP contribution in [0.4, 0.5) is 5.69 Å². The quantitative estimate of drug-likeness (QED) is 0.815. The van der Waals surface area contributed by atoms with Crippen molar-refractivity contribution in [2.45, 2.75) is 55.2 Å². The number of benzene rings is 1. The van der Waals surface area contributed by atoms with Gasteiger partial charge in [-0.25, -0.2) is 13.1 Å². The first-order valence-corrected chi connectivity index (χ1v) is 10.2. The molecule has 1 aromatic rings. The van der Waals surface area contributed by atoms with Crippen molar-refractivity contribution < 1.29 is 8.42 Å². The molecule has 0 bridgehead atoms. The van der Waals surface area contributed by atoms with Gasteiger partial charge in [0.15, 0.2) is 0 Å². The Kier molecular flexibility index (Phi) is 5.57. The largest absolute Gasteiger partial charge is 0.398 e. The summed E-state index contributed by atoms with van der Waals surface area (Å²) in [5, 5.41) is 0.672. The Balaban J connectivity index is 2.07. The number of aryl methyl sites for hydroxylation is 1. The van der Waals surface area contributed by atoms with Crippen molar-refractivity contribution >= 4 is 27.5 Å². The fraction of sp³-hybridized carbons (Fsp3) is 0.600. The zero-order chi connectivity index (χ0) is 15.5. The highest BCUT2D eigenvalue weighted by Gasteiger charge is 2.25. The molecule has 6 heteroatoms. The van der Waals surface area contributed by atoms with Crippen LogP contribution in [-0.2, 0) is 16.4 Å². The number of nitrogens with two attached hydrogens (primary N) is 1. The van der Waals surface area contributed by atoms with Crippen LogP contribution in [0.2, 0.25) is 0 Å². The Morgan fingerprint density at radius 1 is 1.29 bits per heavy atom. The second kappa shape index (κ2) is 7.03. The molecule has 0 amide bonds. The average molecular weight is 329 g/mol. The van der Waals surface area contributed by atoms with E-state index in [9.17, 15) is 8.42 Å².